The van der Waals surface area contributed by atoms with Gasteiger partial charge in [0, 0.05) is 112 Å². The third-order valence-electron chi connectivity index (χ3n) is 9.25. The molecule has 0 aromatic heterocycles. The number of anilines is 2. The van der Waals surface area contributed by atoms with Crippen molar-refractivity contribution in [2.75, 3.05) is 88.3 Å². The van der Waals surface area contributed by atoms with Crippen LogP contribution in [-0.4, -0.2) is 123 Å². The van der Waals surface area contributed by atoms with Gasteiger partial charge in [-0.25, -0.2) is 9.59 Å². The zero-order valence-corrected chi connectivity index (χ0v) is 34.1. The average molecular weight is 792 g/mol. The van der Waals surface area contributed by atoms with Crippen molar-refractivity contribution in [2.24, 2.45) is 0 Å². The third kappa shape index (κ3) is 14.8. The summed E-state index contributed by atoms with van der Waals surface area (Å²) >= 11 is 12.2. The van der Waals surface area contributed by atoms with Gasteiger partial charge in [-0.15, -0.1) is 0 Å². The lowest BCUT2D eigenvalue weighted by Crippen LogP contribution is -2.49. The Morgan fingerprint density at radius 2 is 1.11 bits per heavy atom. The van der Waals surface area contributed by atoms with Crippen molar-refractivity contribution in [3.63, 3.8) is 0 Å². The number of nitrogens with zero attached hydrogens (tertiary/aromatic N) is 5. The van der Waals surface area contributed by atoms with E-state index in [9.17, 15) is 14.4 Å². The SMILES string of the molecule is C.CC(C)(C)OC(=O)N1CCN(Cc2ccc(Cl)cc2N2CCCC2)CC1.CC(C)(C)OC(=O)N1CCNCC1.O=Cc1ccc(Cl)cc1N1CCCC1. The van der Waals surface area contributed by atoms with Crippen molar-refractivity contribution >= 4 is 53.0 Å². The molecule has 0 spiro atoms. The smallest absolute Gasteiger partial charge is 0.410 e. The maximum atomic E-state index is 12.2. The number of halogens is 2. The molecule has 6 rings (SSSR count). The first kappa shape index (κ1) is 45.1. The first-order valence-corrected chi connectivity index (χ1v) is 19.8. The van der Waals surface area contributed by atoms with E-state index in [4.69, 9.17) is 32.7 Å². The van der Waals surface area contributed by atoms with Crippen LogP contribution < -0.4 is 15.1 Å². The summed E-state index contributed by atoms with van der Waals surface area (Å²) in [5, 5.41) is 4.67. The van der Waals surface area contributed by atoms with E-state index in [-0.39, 0.29) is 25.2 Å². The fourth-order valence-electron chi connectivity index (χ4n) is 6.60. The number of amides is 2. The van der Waals surface area contributed by atoms with Crippen LogP contribution in [0.3, 0.4) is 0 Å². The van der Waals surface area contributed by atoms with E-state index < -0.39 is 5.60 Å². The van der Waals surface area contributed by atoms with Gasteiger partial charge in [0.05, 0.1) is 0 Å². The Morgan fingerprint density at radius 3 is 1.59 bits per heavy atom. The molecule has 0 unspecified atom stereocenters. The number of ether oxygens (including phenoxy) is 2. The molecule has 2 aromatic rings. The second-order valence-corrected chi connectivity index (χ2v) is 16.8. The maximum Gasteiger partial charge on any atom is 0.410 e. The Morgan fingerprint density at radius 1 is 0.667 bits per heavy atom. The molecule has 302 valence electrons. The van der Waals surface area contributed by atoms with Crippen LogP contribution in [0, 0.1) is 0 Å². The van der Waals surface area contributed by atoms with Gasteiger partial charge in [0.15, 0.2) is 6.29 Å². The maximum absolute atomic E-state index is 12.2. The molecule has 2 amide bonds. The van der Waals surface area contributed by atoms with Gasteiger partial charge in [-0.1, -0.05) is 36.7 Å². The molecule has 4 aliphatic heterocycles. The van der Waals surface area contributed by atoms with Gasteiger partial charge < -0.3 is 34.4 Å². The molecule has 4 fully saturated rings. The topological polar surface area (TPSA) is 97.9 Å². The second kappa shape index (κ2) is 21.2. The van der Waals surface area contributed by atoms with Crippen molar-refractivity contribution in [1.29, 1.82) is 0 Å². The van der Waals surface area contributed by atoms with Crippen LogP contribution in [0.2, 0.25) is 10.0 Å². The van der Waals surface area contributed by atoms with Crippen LogP contribution in [0.25, 0.3) is 0 Å². The van der Waals surface area contributed by atoms with Crippen molar-refractivity contribution in [1.82, 2.24) is 20.0 Å². The zero-order chi connectivity index (χ0) is 38.6. The Hall–Kier alpha value is -3.25. The first-order valence-electron chi connectivity index (χ1n) is 19.0. The normalized spacial score (nSPS) is 17.8. The largest absolute Gasteiger partial charge is 0.444 e. The van der Waals surface area contributed by atoms with Gasteiger partial charge in [0.25, 0.3) is 0 Å². The fraction of sp³-hybridized carbons (Fsp3) is 0.634. The number of hydrogen-bond donors (Lipinski definition) is 1. The summed E-state index contributed by atoms with van der Waals surface area (Å²) in [7, 11) is 0. The Kier molecular flexibility index (Phi) is 17.7. The molecule has 0 saturated carbocycles. The quantitative estimate of drug-likeness (QED) is 0.301. The monoisotopic (exact) mass is 790 g/mol. The third-order valence-corrected chi connectivity index (χ3v) is 9.72. The number of nitrogens with one attached hydrogen (secondary N) is 1. The van der Waals surface area contributed by atoms with E-state index in [0.29, 0.717) is 18.1 Å². The highest BCUT2D eigenvalue weighted by Gasteiger charge is 2.27. The Bertz CT molecular complexity index is 1490. The van der Waals surface area contributed by atoms with Crippen LogP contribution in [0.15, 0.2) is 36.4 Å². The van der Waals surface area contributed by atoms with Crippen molar-refractivity contribution in [3.8, 4) is 0 Å². The summed E-state index contributed by atoms with van der Waals surface area (Å²) in [5.74, 6) is 0. The number of carbonyl (C=O) groups excluding carboxylic acids is 3. The molecule has 2 aromatic carbocycles. The van der Waals surface area contributed by atoms with Gasteiger partial charge >= 0.3 is 12.2 Å². The highest BCUT2D eigenvalue weighted by Crippen LogP contribution is 2.30. The minimum Gasteiger partial charge on any atom is -0.444 e. The van der Waals surface area contributed by atoms with E-state index in [1.165, 1.54) is 36.9 Å². The van der Waals surface area contributed by atoms with Crippen LogP contribution >= 0.6 is 23.2 Å². The van der Waals surface area contributed by atoms with E-state index >= 15 is 0 Å². The number of aldehydes is 1. The van der Waals surface area contributed by atoms with Gasteiger partial charge in [-0.05, 0) is 103 Å². The lowest BCUT2D eigenvalue weighted by molar-refractivity contribution is 0.0138. The standard InChI is InChI=1S/C20H30ClN3O2.C11H12ClNO.C9H18N2O2.CH4/c1-20(2,3)26-19(25)24-12-10-22(11-13-24)15-16-6-7-17(21)14-18(16)23-8-4-5-9-23;12-10-4-3-9(8-14)11(7-10)13-5-1-2-6-13;1-9(2,3)13-8(12)11-6-4-10-5-7-11;/h6-7,14H,4-5,8-13,15H2,1-3H3;3-4,7-8H,1-2,5-6H2;10H,4-7H2,1-3H3;1H4. The lowest BCUT2D eigenvalue weighted by Gasteiger charge is -2.36. The lowest BCUT2D eigenvalue weighted by atomic mass is 10.1. The molecule has 13 heteroatoms. The summed E-state index contributed by atoms with van der Waals surface area (Å²) in [4.78, 5) is 45.1. The van der Waals surface area contributed by atoms with Crippen LogP contribution in [0.5, 0.6) is 0 Å². The summed E-state index contributed by atoms with van der Waals surface area (Å²) in [6, 6.07) is 11.6. The molecule has 0 aliphatic carbocycles. The number of piperazine rings is 2. The molecule has 4 aliphatic rings. The molecular weight excluding hydrogens is 727 g/mol. The minimum atomic E-state index is -0.442. The van der Waals surface area contributed by atoms with Crippen LogP contribution in [0.1, 0.15) is 90.6 Å². The van der Waals surface area contributed by atoms with Crippen molar-refractivity contribution in [3.05, 3.63) is 57.6 Å². The predicted molar refractivity (Wildman–Crippen MR) is 222 cm³/mol. The Labute approximate surface area is 334 Å². The fourth-order valence-corrected chi connectivity index (χ4v) is 6.93. The molecule has 4 heterocycles. The van der Waals surface area contributed by atoms with Gasteiger partial charge in [-0.3, -0.25) is 9.69 Å². The van der Waals surface area contributed by atoms with Gasteiger partial charge in [0.1, 0.15) is 11.2 Å². The molecule has 4 saturated heterocycles. The molecule has 11 nitrogen and oxygen atoms in total. The number of benzene rings is 2. The second-order valence-electron chi connectivity index (χ2n) is 15.9. The van der Waals surface area contributed by atoms with Crippen LogP contribution in [-0.2, 0) is 16.0 Å². The number of rotatable bonds is 5. The van der Waals surface area contributed by atoms with E-state index in [1.807, 2.05) is 58.6 Å². The molecule has 0 radical (unpaired) electrons. The summed E-state index contributed by atoms with van der Waals surface area (Å²) in [5.41, 5.74) is 3.47. The van der Waals surface area contributed by atoms with Crippen molar-refractivity contribution in [2.45, 2.75) is 92.4 Å². The van der Waals surface area contributed by atoms with E-state index in [1.54, 1.807) is 17.0 Å². The predicted octanol–water partition coefficient (Wildman–Crippen LogP) is 8.21. The molecule has 54 heavy (non-hydrogen) atoms. The first-order chi connectivity index (χ1) is 25.1. The highest BCUT2D eigenvalue weighted by molar-refractivity contribution is 6.31. The molecule has 0 atom stereocenters. The average Bonchev–Trinajstić information content (AvgIpc) is 3.85. The highest BCUT2D eigenvalue weighted by atomic mass is 35.5. The van der Waals surface area contributed by atoms with Gasteiger partial charge in [-0.2, -0.15) is 0 Å². The Balaban J connectivity index is 0.000000237. The summed E-state index contributed by atoms with van der Waals surface area (Å²) < 4.78 is 10.7. The summed E-state index contributed by atoms with van der Waals surface area (Å²) in [6.45, 7) is 22.9. The zero-order valence-electron chi connectivity index (χ0n) is 32.6. The minimum absolute atomic E-state index is 0. The molecular formula is C41H64Cl2N6O5. The molecule has 0 bridgehead atoms. The van der Waals surface area contributed by atoms with Crippen LogP contribution in [0.4, 0.5) is 21.0 Å². The van der Waals surface area contributed by atoms with E-state index in [2.05, 4.69) is 32.1 Å². The van der Waals surface area contributed by atoms with E-state index in [0.717, 1.165) is 94.6 Å². The summed E-state index contributed by atoms with van der Waals surface area (Å²) in [6.07, 6.45) is 5.39. The molecule has 1 N–H and O–H groups in total. The number of carbonyl (C=O) groups is 3. The number of hydrogen-bond acceptors (Lipinski definition) is 9. The van der Waals surface area contributed by atoms with Gasteiger partial charge in [0.2, 0.25) is 0 Å². The van der Waals surface area contributed by atoms with Crippen molar-refractivity contribution < 1.29 is 23.9 Å².